The molecule has 0 saturated carbocycles. The van der Waals surface area contributed by atoms with Crippen molar-refractivity contribution >= 4 is 0 Å². The van der Waals surface area contributed by atoms with Crippen molar-refractivity contribution < 1.29 is 5.11 Å². The second kappa shape index (κ2) is 4.07. The highest BCUT2D eigenvalue weighted by Gasteiger charge is 2.15. The first-order chi connectivity index (χ1) is 6.34. The van der Waals surface area contributed by atoms with Crippen LogP contribution >= 0.6 is 0 Å². The summed E-state index contributed by atoms with van der Waals surface area (Å²) in [7, 11) is 0. The molecule has 0 aromatic rings. The quantitative estimate of drug-likeness (QED) is 0.625. The summed E-state index contributed by atoms with van der Waals surface area (Å²) in [5.74, 6) is 0.790. The molecule has 0 spiro atoms. The Morgan fingerprint density at radius 2 is 2.15 bits per heavy atom. The summed E-state index contributed by atoms with van der Waals surface area (Å²) in [4.78, 5) is 0. The van der Waals surface area contributed by atoms with Crippen molar-refractivity contribution in [3.63, 3.8) is 0 Å². The summed E-state index contributed by atoms with van der Waals surface area (Å²) in [6.07, 6.45) is 9.86. The van der Waals surface area contributed by atoms with Crippen LogP contribution < -0.4 is 5.32 Å². The number of nitrogens with one attached hydrogen (secondary N) is 1. The Morgan fingerprint density at radius 1 is 1.38 bits per heavy atom. The van der Waals surface area contributed by atoms with Crippen molar-refractivity contribution in [2.24, 2.45) is 5.92 Å². The number of rotatable bonds is 2. The molecule has 0 fully saturated rings. The maximum Gasteiger partial charge on any atom is 0.0848 e. The van der Waals surface area contributed by atoms with Crippen LogP contribution in [-0.2, 0) is 0 Å². The zero-order chi connectivity index (χ0) is 9.10. The highest BCUT2D eigenvalue weighted by Crippen LogP contribution is 2.25. The molecule has 0 aromatic heterocycles. The van der Waals surface area contributed by atoms with Crippen LogP contribution in [0.25, 0.3) is 0 Å². The van der Waals surface area contributed by atoms with E-state index in [1.165, 1.54) is 18.4 Å². The minimum atomic E-state index is -0.266. The highest BCUT2D eigenvalue weighted by molar-refractivity contribution is 5.13. The van der Waals surface area contributed by atoms with Gasteiger partial charge in [-0.25, -0.2) is 0 Å². The van der Waals surface area contributed by atoms with Gasteiger partial charge in [-0.3, -0.25) is 0 Å². The first-order valence-electron chi connectivity index (χ1n) is 5.08. The summed E-state index contributed by atoms with van der Waals surface area (Å²) >= 11 is 0. The predicted molar refractivity (Wildman–Crippen MR) is 53.4 cm³/mol. The molecule has 2 nitrogen and oxygen atoms in total. The first kappa shape index (κ1) is 8.97. The lowest BCUT2D eigenvalue weighted by atomic mass is 9.95. The molecule has 1 aliphatic heterocycles. The Labute approximate surface area is 79.3 Å². The Balaban J connectivity index is 1.86. The normalized spacial score (nSPS) is 29.3. The molecule has 1 unspecified atom stereocenters. The monoisotopic (exact) mass is 179 g/mol. The first-order valence-corrected chi connectivity index (χ1v) is 5.08. The van der Waals surface area contributed by atoms with E-state index in [0.717, 1.165) is 18.9 Å². The van der Waals surface area contributed by atoms with Crippen molar-refractivity contribution in [1.29, 1.82) is 0 Å². The highest BCUT2D eigenvalue weighted by atomic mass is 16.3. The van der Waals surface area contributed by atoms with Gasteiger partial charge in [0.1, 0.15) is 0 Å². The molecule has 0 amide bonds. The average molecular weight is 179 g/mol. The van der Waals surface area contributed by atoms with E-state index in [1.54, 1.807) is 0 Å². The molecule has 1 aliphatic carbocycles. The maximum absolute atomic E-state index is 9.40. The van der Waals surface area contributed by atoms with Crippen LogP contribution in [0.1, 0.15) is 19.3 Å². The van der Waals surface area contributed by atoms with Crippen molar-refractivity contribution in [1.82, 2.24) is 5.32 Å². The lowest BCUT2D eigenvalue weighted by Crippen LogP contribution is -2.32. The van der Waals surface area contributed by atoms with Crippen LogP contribution in [0.5, 0.6) is 0 Å². The number of aliphatic hydroxyl groups excluding tert-OH is 1. The van der Waals surface area contributed by atoms with E-state index in [-0.39, 0.29) is 6.10 Å². The lowest BCUT2D eigenvalue weighted by molar-refractivity contribution is 0.212. The molecule has 2 N–H and O–H groups in total. The Hall–Kier alpha value is -0.600. The fraction of sp³-hybridized carbons (Fsp3) is 0.636. The standard InChI is InChI=1S/C11H17NO/c13-11-6-10(7-12-8-11)5-9-3-1-2-4-9/h1-2,6,9,11-13H,3-5,7-8H2. The Kier molecular flexibility index (Phi) is 2.81. The molecule has 0 bridgehead atoms. The van der Waals surface area contributed by atoms with Gasteiger partial charge >= 0.3 is 0 Å². The van der Waals surface area contributed by atoms with Crippen molar-refractivity contribution in [2.75, 3.05) is 13.1 Å². The van der Waals surface area contributed by atoms with E-state index in [0.29, 0.717) is 6.54 Å². The number of hydrogen-bond acceptors (Lipinski definition) is 2. The van der Waals surface area contributed by atoms with Gasteiger partial charge in [-0.1, -0.05) is 23.8 Å². The number of aliphatic hydroxyl groups is 1. The van der Waals surface area contributed by atoms with E-state index in [2.05, 4.69) is 17.5 Å². The van der Waals surface area contributed by atoms with Crippen molar-refractivity contribution in [3.8, 4) is 0 Å². The van der Waals surface area contributed by atoms with Gasteiger partial charge in [0.25, 0.3) is 0 Å². The lowest BCUT2D eigenvalue weighted by Gasteiger charge is -2.20. The van der Waals surface area contributed by atoms with Crippen LogP contribution in [0.15, 0.2) is 23.8 Å². The SMILES string of the molecule is OC1C=C(CC2CC=CC2)CNC1. The molecule has 13 heavy (non-hydrogen) atoms. The largest absolute Gasteiger partial charge is 0.388 e. The van der Waals surface area contributed by atoms with Gasteiger partial charge in [0, 0.05) is 13.1 Å². The fourth-order valence-corrected chi connectivity index (χ4v) is 2.12. The van der Waals surface area contributed by atoms with Gasteiger partial charge in [0.05, 0.1) is 6.10 Å². The average Bonchev–Trinajstić information content (AvgIpc) is 2.57. The van der Waals surface area contributed by atoms with Gasteiger partial charge in [-0.15, -0.1) is 0 Å². The van der Waals surface area contributed by atoms with Gasteiger partial charge in [-0.2, -0.15) is 0 Å². The van der Waals surface area contributed by atoms with Gasteiger partial charge in [0.2, 0.25) is 0 Å². The van der Waals surface area contributed by atoms with E-state index in [4.69, 9.17) is 0 Å². The Morgan fingerprint density at radius 3 is 2.85 bits per heavy atom. The molecule has 0 saturated heterocycles. The molecule has 0 aromatic carbocycles. The third kappa shape index (κ3) is 2.42. The zero-order valence-electron chi connectivity index (χ0n) is 7.87. The molecule has 2 aliphatic rings. The summed E-state index contributed by atoms with van der Waals surface area (Å²) in [5, 5.41) is 12.6. The van der Waals surface area contributed by atoms with E-state index in [1.807, 2.05) is 6.08 Å². The maximum atomic E-state index is 9.40. The predicted octanol–water partition coefficient (Wildman–Crippen LogP) is 1.23. The molecular formula is C11H17NO. The number of β-amino-alcohol motifs (C(OH)–C–C–N with tert-alkyl or cyclic N) is 1. The van der Waals surface area contributed by atoms with E-state index < -0.39 is 0 Å². The summed E-state index contributed by atoms with van der Waals surface area (Å²) in [5.41, 5.74) is 1.38. The van der Waals surface area contributed by atoms with Crippen LogP contribution in [0, 0.1) is 5.92 Å². The third-order valence-electron chi connectivity index (χ3n) is 2.79. The summed E-state index contributed by atoms with van der Waals surface area (Å²) < 4.78 is 0. The molecule has 0 radical (unpaired) electrons. The van der Waals surface area contributed by atoms with Gasteiger partial charge < -0.3 is 10.4 Å². The number of hydrogen-bond donors (Lipinski definition) is 2. The van der Waals surface area contributed by atoms with E-state index >= 15 is 0 Å². The van der Waals surface area contributed by atoms with E-state index in [9.17, 15) is 5.11 Å². The topological polar surface area (TPSA) is 32.3 Å². The Bertz CT molecular complexity index is 224. The van der Waals surface area contributed by atoms with Crippen LogP contribution in [0.2, 0.25) is 0 Å². The second-order valence-corrected chi connectivity index (χ2v) is 4.04. The smallest absolute Gasteiger partial charge is 0.0848 e. The molecular weight excluding hydrogens is 162 g/mol. The molecule has 72 valence electrons. The van der Waals surface area contributed by atoms with Crippen LogP contribution in [-0.4, -0.2) is 24.3 Å². The fourth-order valence-electron chi connectivity index (χ4n) is 2.12. The van der Waals surface area contributed by atoms with Gasteiger partial charge in [-0.05, 0) is 25.2 Å². The third-order valence-corrected chi connectivity index (χ3v) is 2.79. The van der Waals surface area contributed by atoms with Crippen LogP contribution in [0.3, 0.4) is 0 Å². The van der Waals surface area contributed by atoms with Crippen molar-refractivity contribution in [2.45, 2.75) is 25.4 Å². The molecule has 1 atom stereocenters. The van der Waals surface area contributed by atoms with Gasteiger partial charge in [0.15, 0.2) is 0 Å². The minimum Gasteiger partial charge on any atom is -0.388 e. The summed E-state index contributed by atoms with van der Waals surface area (Å²) in [6, 6.07) is 0. The minimum absolute atomic E-state index is 0.266. The number of allylic oxidation sites excluding steroid dienone is 2. The second-order valence-electron chi connectivity index (χ2n) is 4.04. The summed E-state index contributed by atoms with van der Waals surface area (Å²) in [6.45, 7) is 1.68. The van der Waals surface area contributed by atoms with Crippen LogP contribution in [0.4, 0.5) is 0 Å². The molecule has 2 rings (SSSR count). The van der Waals surface area contributed by atoms with Crippen molar-refractivity contribution in [3.05, 3.63) is 23.8 Å². The molecule has 1 heterocycles. The zero-order valence-corrected chi connectivity index (χ0v) is 7.87. The molecule has 2 heteroatoms.